The molecule has 1 unspecified atom stereocenters. The molecule has 5 aromatic rings. The second-order valence-electron chi connectivity index (χ2n) is 11.4. The summed E-state index contributed by atoms with van der Waals surface area (Å²) in [5, 5.41) is 12.3. The average molecular weight is 627 g/mol. The molecule has 0 spiro atoms. The highest BCUT2D eigenvalue weighted by Gasteiger charge is 2.21. The molecule has 9 heteroatoms. The topological polar surface area (TPSA) is 80.2 Å². The molecule has 7 nitrogen and oxygen atoms in total. The van der Waals surface area contributed by atoms with Gasteiger partial charge in [-0.05, 0) is 36.2 Å². The molecule has 224 valence electrons. The van der Waals surface area contributed by atoms with Gasteiger partial charge in [-0.25, -0.2) is 4.98 Å². The zero-order valence-corrected chi connectivity index (χ0v) is 25.9. The number of halogens is 2. The fourth-order valence-corrected chi connectivity index (χ4v) is 7.02. The zero-order chi connectivity index (χ0) is 30.2. The van der Waals surface area contributed by atoms with Crippen LogP contribution in [-0.4, -0.2) is 41.7 Å². The van der Waals surface area contributed by atoms with Crippen molar-refractivity contribution in [1.29, 1.82) is 0 Å². The highest BCUT2D eigenvalue weighted by atomic mass is 35.5. The zero-order valence-electron chi connectivity index (χ0n) is 24.4. The number of rotatable bonds is 8. The van der Waals surface area contributed by atoms with Crippen molar-refractivity contribution in [3.05, 3.63) is 94.1 Å². The van der Waals surface area contributed by atoms with Crippen molar-refractivity contribution in [2.75, 3.05) is 20.2 Å². The number of pyridine rings is 1. The maximum atomic E-state index is 11.5. The van der Waals surface area contributed by atoms with Crippen LogP contribution in [0.15, 0.2) is 72.8 Å². The summed E-state index contributed by atoms with van der Waals surface area (Å²) in [6.07, 6.45) is 1.44. The maximum absolute atomic E-state index is 11.5. The van der Waals surface area contributed by atoms with Gasteiger partial charge in [-0.2, -0.15) is 0 Å². The maximum Gasteiger partial charge on any atom is 0.220 e. The van der Waals surface area contributed by atoms with E-state index in [1.807, 2.05) is 42.5 Å². The Morgan fingerprint density at radius 3 is 2.52 bits per heavy atom. The summed E-state index contributed by atoms with van der Waals surface area (Å²) < 4.78 is 8.04. The lowest BCUT2D eigenvalue weighted by Crippen LogP contribution is -2.35. The molecule has 1 amide bonds. The van der Waals surface area contributed by atoms with Crippen LogP contribution in [0, 0.1) is 0 Å². The van der Waals surface area contributed by atoms with E-state index >= 15 is 0 Å². The standard InChI is InChI=1S/C35H33Cl2N5O2/c1-44-35-22(18-39-19-24-10-13-32(43)40-24)8-11-30(41-35)29-7-3-6-28(34(29)37)27-5-2-4-26(33(27)36)21-9-12-31-23(16-21)17-25-20-38-14-15-42(25)31/h2-9,11-12,16-17,24,38-39H,10,13-15,18-20H2,1H3,(H,40,43). The number of hydrogen-bond donors (Lipinski definition) is 3. The molecule has 0 saturated carbocycles. The SMILES string of the molecule is COc1nc(-c2cccc(-c3cccc(-c4ccc5c(c4)cc4n5CCNC4)c3Cl)c2Cl)ccc1CNCC1CCC(=O)N1. The number of hydrogen-bond acceptors (Lipinski definition) is 5. The van der Waals surface area contributed by atoms with Crippen LogP contribution in [0.3, 0.4) is 0 Å². The third-order valence-electron chi connectivity index (χ3n) is 8.60. The van der Waals surface area contributed by atoms with E-state index in [4.69, 9.17) is 32.9 Å². The van der Waals surface area contributed by atoms with Crippen molar-refractivity contribution in [3.8, 4) is 39.4 Å². The molecule has 1 saturated heterocycles. The number of ether oxygens (including phenoxy) is 1. The van der Waals surface area contributed by atoms with Crippen LogP contribution in [0.25, 0.3) is 44.4 Å². The lowest BCUT2D eigenvalue weighted by atomic mass is 9.96. The van der Waals surface area contributed by atoms with E-state index in [0.29, 0.717) is 41.1 Å². The minimum absolute atomic E-state index is 0.113. The number of aromatic nitrogens is 2. The number of amides is 1. The van der Waals surface area contributed by atoms with Crippen molar-refractivity contribution >= 4 is 40.0 Å². The van der Waals surface area contributed by atoms with Gasteiger partial charge in [-0.3, -0.25) is 4.79 Å². The molecule has 2 aliphatic rings. The van der Waals surface area contributed by atoms with Crippen molar-refractivity contribution in [2.45, 2.75) is 38.5 Å². The fourth-order valence-electron chi connectivity index (χ4n) is 6.36. The number of nitrogens with zero attached hydrogens (tertiary/aromatic N) is 2. The Labute approximate surface area is 266 Å². The molecule has 2 aliphatic heterocycles. The molecule has 0 radical (unpaired) electrons. The molecule has 0 aliphatic carbocycles. The van der Waals surface area contributed by atoms with Crippen LogP contribution in [-0.2, 0) is 24.4 Å². The Morgan fingerprint density at radius 1 is 0.977 bits per heavy atom. The third-order valence-corrected chi connectivity index (χ3v) is 9.42. The summed E-state index contributed by atoms with van der Waals surface area (Å²) in [6.45, 7) is 4.12. The highest BCUT2D eigenvalue weighted by molar-refractivity contribution is 6.39. The molecule has 44 heavy (non-hydrogen) atoms. The van der Waals surface area contributed by atoms with Crippen LogP contribution in [0.4, 0.5) is 0 Å². The highest BCUT2D eigenvalue weighted by Crippen LogP contribution is 2.43. The molecular formula is C35H33Cl2N5O2. The number of carbonyl (C=O) groups excluding carboxylic acids is 1. The first-order valence-electron chi connectivity index (χ1n) is 14.9. The summed E-state index contributed by atoms with van der Waals surface area (Å²) >= 11 is 14.2. The normalized spacial score (nSPS) is 16.2. The van der Waals surface area contributed by atoms with Crippen LogP contribution in [0.1, 0.15) is 24.1 Å². The Hall–Kier alpha value is -3.88. The summed E-state index contributed by atoms with van der Waals surface area (Å²) in [6, 6.07) is 25.0. The molecule has 0 bridgehead atoms. The van der Waals surface area contributed by atoms with Crippen molar-refractivity contribution in [1.82, 2.24) is 25.5 Å². The Kier molecular flexibility index (Phi) is 8.04. The largest absolute Gasteiger partial charge is 0.481 e. The summed E-state index contributed by atoms with van der Waals surface area (Å²) in [5.74, 6) is 0.646. The molecule has 3 aromatic carbocycles. The van der Waals surface area contributed by atoms with E-state index in [1.165, 1.54) is 16.6 Å². The Morgan fingerprint density at radius 2 is 1.75 bits per heavy atom. The summed E-state index contributed by atoms with van der Waals surface area (Å²) in [5.41, 5.74) is 8.73. The Balaban J connectivity index is 1.17. The number of carbonyl (C=O) groups is 1. The smallest absolute Gasteiger partial charge is 0.220 e. The Bertz CT molecular complexity index is 1890. The van der Waals surface area contributed by atoms with E-state index < -0.39 is 0 Å². The lowest BCUT2D eigenvalue weighted by Gasteiger charge is -2.17. The van der Waals surface area contributed by atoms with E-state index in [9.17, 15) is 4.79 Å². The van der Waals surface area contributed by atoms with Crippen LogP contribution < -0.4 is 20.7 Å². The summed E-state index contributed by atoms with van der Waals surface area (Å²) in [7, 11) is 1.62. The average Bonchev–Trinajstić information content (AvgIpc) is 3.64. The minimum Gasteiger partial charge on any atom is -0.481 e. The van der Waals surface area contributed by atoms with Gasteiger partial charge in [0.1, 0.15) is 0 Å². The molecule has 2 aromatic heterocycles. The number of benzene rings is 3. The first kappa shape index (κ1) is 28.9. The van der Waals surface area contributed by atoms with Gasteiger partial charge in [0.25, 0.3) is 0 Å². The second kappa shape index (κ2) is 12.3. The molecule has 4 heterocycles. The molecular weight excluding hydrogens is 593 g/mol. The molecule has 1 atom stereocenters. The lowest BCUT2D eigenvalue weighted by molar-refractivity contribution is -0.119. The van der Waals surface area contributed by atoms with Crippen molar-refractivity contribution in [3.63, 3.8) is 0 Å². The molecule has 7 rings (SSSR count). The van der Waals surface area contributed by atoms with Gasteiger partial charge in [-0.1, -0.05) is 71.7 Å². The van der Waals surface area contributed by atoms with Crippen LogP contribution in [0.5, 0.6) is 5.88 Å². The van der Waals surface area contributed by atoms with Gasteiger partial charge >= 0.3 is 0 Å². The van der Waals surface area contributed by atoms with Crippen molar-refractivity contribution in [2.24, 2.45) is 0 Å². The second-order valence-corrected chi connectivity index (χ2v) is 12.1. The minimum atomic E-state index is 0.113. The first-order chi connectivity index (χ1) is 21.5. The fraction of sp³-hybridized carbons (Fsp3) is 0.257. The van der Waals surface area contributed by atoms with Gasteiger partial charge in [0, 0.05) is 89.6 Å². The number of fused-ring (bicyclic) bond motifs is 3. The van der Waals surface area contributed by atoms with Crippen LogP contribution in [0.2, 0.25) is 10.0 Å². The van der Waals surface area contributed by atoms with Crippen molar-refractivity contribution < 1.29 is 9.53 Å². The van der Waals surface area contributed by atoms with Gasteiger partial charge in [0.15, 0.2) is 0 Å². The summed E-state index contributed by atoms with van der Waals surface area (Å²) in [4.78, 5) is 16.3. The predicted molar refractivity (Wildman–Crippen MR) is 177 cm³/mol. The molecule has 1 fully saturated rings. The van der Waals surface area contributed by atoms with E-state index in [0.717, 1.165) is 59.4 Å². The first-order valence-corrected chi connectivity index (χ1v) is 15.7. The van der Waals surface area contributed by atoms with Gasteiger partial charge < -0.3 is 25.3 Å². The quantitative estimate of drug-likeness (QED) is 0.176. The predicted octanol–water partition coefficient (Wildman–Crippen LogP) is 6.82. The van der Waals surface area contributed by atoms with Crippen LogP contribution >= 0.6 is 23.2 Å². The third kappa shape index (κ3) is 5.46. The van der Waals surface area contributed by atoms with Gasteiger partial charge in [-0.15, -0.1) is 0 Å². The number of nitrogens with one attached hydrogen (secondary N) is 3. The molecule has 3 N–H and O–H groups in total. The monoisotopic (exact) mass is 625 g/mol. The van der Waals surface area contributed by atoms with E-state index in [2.05, 4.69) is 50.8 Å². The number of methoxy groups -OCH3 is 1. The van der Waals surface area contributed by atoms with Gasteiger partial charge in [0.2, 0.25) is 11.8 Å². The van der Waals surface area contributed by atoms with E-state index in [1.54, 1.807) is 7.11 Å². The van der Waals surface area contributed by atoms with Gasteiger partial charge in [0.05, 0.1) is 22.8 Å². The van der Waals surface area contributed by atoms with E-state index in [-0.39, 0.29) is 11.9 Å².